The first-order valence-corrected chi connectivity index (χ1v) is 5.72. The van der Waals surface area contributed by atoms with Crippen molar-refractivity contribution in [3.63, 3.8) is 0 Å². The summed E-state index contributed by atoms with van der Waals surface area (Å²) in [6.07, 6.45) is 0. The zero-order valence-electron chi connectivity index (χ0n) is 10.1. The van der Waals surface area contributed by atoms with Crippen LogP contribution in [0, 0.1) is 0 Å². The summed E-state index contributed by atoms with van der Waals surface area (Å²) in [5.41, 5.74) is 2.29. The molecule has 0 saturated carbocycles. The molecule has 3 heteroatoms. The van der Waals surface area contributed by atoms with E-state index in [0.29, 0.717) is 5.92 Å². The van der Waals surface area contributed by atoms with E-state index in [9.17, 15) is 4.79 Å². The van der Waals surface area contributed by atoms with Crippen LogP contribution < -0.4 is 4.90 Å². The first-order valence-electron chi connectivity index (χ1n) is 5.72. The Kier molecular flexibility index (Phi) is 2.86. The van der Waals surface area contributed by atoms with Crippen molar-refractivity contribution in [1.29, 1.82) is 0 Å². The molecule has 0 bridgehead atoms. The first-order chi connectivity index (χ1) is 7.59. The van der Waals surface area contributed by atoms with Gasteiger partial charge in [-0.1, -0.05) is 26.0 Å². The maximum absolute atomic E-state index is 11.8. The van der Waals surface area contributed by atoms with Crippen LogP contribution in [0.4, 0.5) is 10.5 Å². The van der Waals surface area contributed by atoms with Crippen LogP contribution in [0.15, 0.2) is 24.3 Å². The smallest absolute Gasteiger partial charge is 0.324 e. The molecular formula is C13H18N2O. The predicted molar refractivity (Wildman–Crippen MR) is 65.9 cm³/mol. The summed E-state index contributed by atoms with van der Waals surface area (Å²) in [6.45, 7) is 5.93. The van der Waals surface area contributed by atoms with Crippen molar-refractivity contribution < 1.29 is 4.79 Å². The van der Waals surface area contributed by atoms with Crippen molar-refractivity contribution in [2.24, 2.45) is 0 Å². The number of hydrogen-bond donors (Lipinski definition) is 0. The van der Waals surface area contributed by atoms with E-state index in [2.05, 4.69) is 26.0 Å². The third kappa shape index (κ3) is 1.90. The third-order valence-corrected chi connectivity index (χ3v) is 3.07. The van der Waals surface area contributed by atoms with Gasteiger partial charge >= 0.3 is 6.03 Å². The van der Waals surface area contributed by atoms with Gasteiger partial charge in [0.1, 0.15) is 0 Å². The highest BCUT2D eigenvalue weighted by Crippen LogP contribution is 2.24. The Bertz CT molecular complexity index is 401. The molecule has 2 amide bonds. The molecule has 0 aromatic heterocycles. The molecule has 16 heavy (non-hydrogen) atoms. The van der Waals surface area contributed by atoms with Crippen LogP contribution in [0.3, 0.4) is 0 Å². The highest BCUT2D eigenvalue weighted by Gasteiger charge is 2.26. The molecule has 1 aliphatic rings. The highest BCUT2D eigenvalue weighted by molar-refractivity contribution is 5.93. The van der Waals surface area contributed by atoms with Gasteiger partial charge in [0.25, 0.3) is 0 Å². The molecule has 0 aliphatic carbocycles. The van der Waals surface area contributed by atoms with E-state index in [1.54, 1.807) is 4.90 Å². The highest BCUT2D eigenvalue weighted by atomic mass is 16.2. The number of benzene rings is 1. The Labute approximate surface area is 96.7 Å². The van der Waals surface area contributed by atoms with Gasteiger partial charge in [-0.15, -0.1) is 0 Å². The maximum atomic E-state index is 11.8. The monoisotopic (exact) mass is 218 g/mol. The van der Waals surface area contributed by atoms with Gasteiger partial charge < -0.3 is 4.90 Å². The Morgan fingerprint density at radius 3 is 2.56 bits per heavy atom. The summed E-state index contributed by atoms with van der Waals surface area (Å²) in [6, 6.07) is 8.35. The van der Waals surface area contributed by atoms with Crippen molar-refractivity contribution in [1.82, 2.24) is 4.90 Å². The fourth-order valence-corrected chi connectivity index (χ4v) is 1.94. The molecule has 1 aromatic rings. The largest absolute Gasteiger partial charge is 0.326 e. The lowest BCUT2D eigenvalue weighted by Gasteiger charge is -2.17. The molecule has 0 spiro atoms. The normalized spacial score (nSPS) is 16.4. The third-order valence-electron chi connectivity index (χ3n) is 3.07. The van der Waals surface area contributed by atoms with E-state index in [1.165, 1.54) is 5.56 Å². The van der Waals surface area contributed by atoms with E-state index >= 15 is 0 Å². The summed E-state index contributed by atoms with van der Waals surface area (Å²) >= 11 is 0. The zero-order valence-corrected chi connectivity index (χ0v) is 10.1. The number of amides is 2. The lowest BCUT2D eigenvalue weighted by Crippen LogP contribution is -2.29. The summed E-state index contributed by atoms with van der Waals surface area (Å²) in [7, 11) is 1.84. The number of carbonyl (C=O) groups is 1. The summed E-state index contributed by atoms with van der Waals surface area (Å²) in [4.78, 5) is 15.4. The minimum absolute atomic E-state index is 0.0981. The van der Waals surface area contributed by atoms with Crippen LogP contribution in [0.1, 0.15) is 25.3 Å². The first kappa shape index (κ1) is 11.0. The number of nitrogens with zero attached hydrogens (tertiary/aromatic N) is 2. The van der Waals surface area contributed by atoms with Crippen LogP contribution >= 0.6 is 0 Å². The van der Waals surface area contributed by atoms with Gasteiger partial charge in [-0.25, -0.2) is 4.79 Å². The van der Waals surface area contributed by atoms with Crippen molar-refractivity contribution in [2.45, 2.75) is 19.8 Å². The van der Waals surface area contributed by atoms with Crippen molar-refractivity contribution in [3.05, 3.63) is 29.8 Å². The molecule has 0 radical (unpaired) electrons. The second-order valence-corrected chi connectivity index (χ2v) is 4.61. The second kappa shape index (κ2) is 4.16. The molecule has 3 nitrogen and oxygen atoms in total. The fourth-order valence-electron chi connectivity index (χ4n) is 1.94. The molecule has 1 aromatic carbocycles. The summed E-state index contributed by atoms with van der Waals surface area (Å²) < 4.78 is 0. The average molecular weight is 218 g/mol. The van der Waals surface area contributed by atoms with Crippen LogP contribution in [0.5, 0.6) is 0 Å². The molecule has 0 unspecified atom stereocenters. The Morgan fingerprint density at radius 2 is 2.00 bits per heavy atom. The van der Waals surface area contributed by atoms with Gasteiger partial charge in [0, 0.05) is 25.8 Å². The van der Waals surface area contributed by atoms with Gasteiger partial charge in [0.05, 0.1) is 0 Å². The fraction of sp³-hybridized carbons (Fsp3) is 0.462. The molecule has 1 heterocycles. The predicted octanol–water partition coefficient (Wildman–Crippen LogP) is 2.68. The molecule has 0 N–H and O–H groups in total. The zero-order chi connectivity index (χ0) is 11.7. The molecular weight excluding hydrogens is 200 g/mol. The lowest BCUT2D eigenvalue weighted by atomic mass is 10.0. The Hall–Kier alpha value is -1.51. The van der Waals surface area contributed by atoms with E-state index in [0.717, 1.165) is 18.8 Å². The summed E-state index contributed by atoms with van der Waals surface area (Å²) in [5, 5.41) is 0. The minimum Gasteiger partial charge on any atom is -0.326 e. The minimum atomic E-state index is 0.0981. The van der Waals surface area contributed by atoms with Crippen molar-refractivity contribution in [3.8, 4) is 0 Å². The van der Waals surface area contributed by atoms with Crippen LogP contribution in [0.25, 0.3) is 0 Å². The van der Waals surface area contributed by atoms with E-state index < -0.39 is 0 Å². The SMILES string of the molecule is CC(C)c1cccc(N2CCN(C)C2=O)c1. The number of likely N-dealkylation sites (N-methyl/N-ethyl adjacent to an activating group) is 1. The molecule has 1 saturated heterocycles. The van der Waals surface area contributed by atoms with Crippen LogP contribution in [-0.2, 0) is 0 Å². The van der Waals surface area contributed by atoms with Gasteiger partial charge in [0.15, 0.2) is 0 Å². The maximum Gasteiger partial charge on any atom is 0.324 e. The van der Waals surface area contributed by atoms with Gasteiger partial charge in [-0.05, 0) is 23.6 Å². The van der Waals surface area contributed by atoms with Gasteiger partial charge in [-0.2, -0.15) is 0 Å². The number of anilines is 1. The second-order valence-electron chi connectivity index (χ2n) is 4.61. The molecule has 1 fully saturated rings. The molecule has 1 aliphatic heterocycles. The Balaban J connectivity index is 2.27. The lowest BCUT2D eigenvalue weighted by molar-refractivity contribution is 0.229. The van der Waals surface area contributed by atoms with E-state index in [-0.39, 0.29) is 6.03 Å². The number of hydrogen-bond acceptors (Lipinski definition) is 1. The number of rotatable bonds is 2. The average Bonchev–Trinajstić information content (AvgIpc) is 2.60. The topological polar surface area (TPSA) is 23.6 Å². The van der Waals surface area contributed by atoms with Crippen LogP contribution in [0.2, 0.25) is 0 Å². The van der Waals surface area contributed by atoms with E-state index in [1.807, 2.05) is 24.1 Å². The summed E-state index contributed by atoms with van der Waals surface area (Å²) in [5.74, 6) is 0.496. The number of urea groups is 1. The molecule has 86 valence electrons. The number of carbonyl (C=O) groups excluding carboxylic acids is 1. The van der Waals surface area contributed by atoms with E-state index in [4.69, 9.17) is 0 Å². The quantitative estimate of drug-likeness (QED) is 0.748. The Morgan fingerprint density at radius 1 is 1.25 bits per heavy atom. The molecule has 2 rings (SSSR count). The molecule has 0 atom stereocenters. The van der Waals surface area contributed by atoms with Gasteiger partial charge in [-0.3, -0.25) is 4.90 Å². The van der Waals surface area contributed by atoms with Crippen LogP contribution in [-0.4, -0.2) is 31.1 Å². The van der Waals surface area contributed by atoms with Crippen molar-refractivity contribution in [2.75, 3.05) is 25.0 Å². The standard InChI is InChI=1S/C13H18N2O/c1-10(2)11-5-4-6-12(9-11)15-8-7-14(3)13(15)16/h4-6,9-10H,7-8H2,1-3H3. The van der Waals surface area contributed by atoms with Crippen molar-refractivity contribution >= 4 is 11.7 Å². The van der Waals surface area contributed by atoms with Gasteiger partial charge in [0.2, 0.25) is 0 Å².